The van der Waals surface area contributed by atoms with Gasteiger partial charge in [-0.15, -0.1) is 0 Å². The summed E-state index contributed by atoms with van der Waals surface area (Å²) in [4.78, 5) is 0. The molecular formula is C44H44B2N+. The molecule has 2 heterocycles. The Morgan fingerprint density at radius 2 is 1.11 bits per heavy atom. The highest BCUT2D eigenvalue weighted by molar-refractivity contribution is 7.11. The normalized spacial score (nSPS) is 12.4. The molecule has 0 spiro atoms. The highest BCUT2D eigenvalue weighted by Gasteiger charge is 2.42. The standard InChI is InChI=1S/C44H44B2N/c1-28(2)35-23-24-47(8)41(27-35)37-21-22-40-44(33(37)7)46(42-29(3)15-14-16-30(42)4)39-20-13-12-19-38(39)45(40)43-31(5)25-36(26-32(43)6)34-17-10-9-11-18-34/h9-28H,1-8H3/q+1. The molecule has 1 aliphatic rings. The topological polar surface area (TPSA) is 3.88 Å². The van der Waals surface area contributed by atoms with Gasteiger partial charge in [0.2, 0.25) is 19.1 Å². The Morgan fingerprint density at radius 3 is 1.74 bits per heavy atom. The Bertz CT molecular complexity index is 2100. The lowest BCUT2D eigenvalue weighted by atomic mass is 9.20. The molecule has 0 bridgehead atoms. The average Bonchev–Trinajstić information content (AvgIpc) is 3.06. The van der Waals surface area contributed by atoms with Crippen molar-refractivity contribution in [3.8, 4) is 22.4 Å². The van der Waals surface area contributed by atoms with Crippen LogP contribution in [0.15, 0.2) is 115 Å². The van der Waals surface area contributed by atoms with Gasteiger partial charge in [0.1, 0.15) is 7.05 Å². The average molecular weight is 608 g/mol. The minimum absolute atomic E-state index is 0.148. The summed E-state index contributed by atoms with van der Waals surface area (Å²) >= 11 is 0. The molecule has 0 saturated heterocycles. The zero-order chi connectivity index (χ0) is 33.0. The quantitative estimate of drug-likeness (QED) is 0.171. The summed E-state index contributed by atoms with van der Waals surface area (Å²) in [6.45, 7) is 16.4. The molecule has 7 rings (SSSR count). The van der Waals surface area contributed by atoms with E-state index in [2.05, 4.69) is 175 Å². The Balaban J connectivity index is 1.54. The number of aryl methyl sites for hydroxylation is 5. The molecule has 0 amide bonds. The van der Waals surface area contributed by atoms with Crippen LogP contribution in [-0.2, 0) is 7.05 Å². The lowest BCUT2D eigenvalue weighted by Gasteiger charge is -2.36. The maximum atomic E-state index is 2.46. The molecule has 1 nitrogen and oxygen atoms in total. The summed E-state index contributed by atoms with van der Waals surface area (Å²) in [7, 11) is 2.18. The molecule has 5 aromatic carbocycles. The van der Waals surface area contributed by atoms with Crippen molar-refractivity contribution < 1.29 is 4.57 Å². The molecule has 0 fully saturated rings. The van der Waals surface area contributed by atoms with Crippen molar-refractivity contribution in [2.75, 3.05) is 0 Å². The van der Waals surface area contributed by atoms with E-state index >= 15 is 0 Å². The van der Waals surface area contributed by atoms with Crippen molar-refractivity contribution in [2.24, 2.45) is 7.05 Å². The highest BCUT2D eigenvalue weighted by atomic mass is 14.9. The second kappa shape index (κ2) is 12.2. The van der Waals surface area contributed by atoms with Gasteiger partial charge in [-0.1, -0.05) is 160 Å². The third-order valence-electron chi connectivity index (χ3n) is 10.7. The fourth-order valence-corrected chi connectivity index (χ4v) is 8.36. The molecule has 0 N–H and O–H groups in total. The molecule has 0 aliphatic carbocycles. The van der Waals surface area contributed by atoms with Crippen molar-refractivity contribution in [2.45, 2.75) is 54.4 Å². The molecule has 1 aromatic heterocycles. The largest absolute Gasteiger partial charge is 0.241 e. The van der Waals surface area contributed by atoms with Crippen molar-refractivity contribution in [1.82, 2.24) is 0 Å². The van der Waals surface area contributed by atoms with Crippen LogP contribution in [0, 0.1) is 34.6 Å². The van der Waals surface area contributed by atoms with E-state index in [0.29, 0.717) is 5.92 Å². The summed E-state index contributed by atoms with van der Waals surface area (Å²) in [6.07, 6.45) is 2.23. The SMILES string of the molecule is Cc1cc(-c2ccccc2)cc(C)c1B1c2ccccc2B(c2c(C)cccc2C)c2c1ccc(-c1cc(C(C)C)cc[n+]1C)c2C. The summed E-state index contributed by atoms with van der Waals surface area (Å²) < 4.78 is 2.29. The van der Waals surface area contributed by atoms with Gasteiger partial charge in [-0.25, -0.2) is 4.57 Å². The maximum Gasteiger partial charge on any atom is 0.241 e. The number of nitrogens with zero attached hydrogens (tertiary/aromatic N) is 1. The van der Waals surface area contributed by atoms with Gasteiger partial charge < -0.3 is 0 Å². The number of aromatic nitrogens is 1. The highest BCUT2D eigenvalue weighted by Crippen LogP contribution is 2.25. The summed E-state index contributed by atoms with van der Waals surface area (Å²) in [5.74, 6) is 0.469. The van der Waals surface area contributed by atoms with Crippen LogP contribution < -0.4 is 37.3 Å². The predicted molar refractivity (Wildman–Crippen MR) is 205 cm³/mol. The van der Waals surface area contributed by atoms with Crippen LogP contribution in [0.25, 0.3) is 22.4 Å². The van der Waals surface area contributed by atoms with Gasteiger partial charge in [0.25, 0.3) is 0 Å². The van der Waals surface area contributed by atoms with E-state index in [9.17, 15) is 0 Å². The minimum Gasteiger partial charge on any atom is -0.201 e. The summed E-state index contributed by atoms with van der Waals surface area (Å²) in [5.41, 5.74) is 21.9. The van der Waals surface area contributed by atoms with Crippen LogP contribution in [0.3, 0.4) is 0 Å². The first-order valence-electron chi connectivity index (χ1n) is 17.1. The Labute approximate surface area is 282 Å². The third-order valence-corrected chi connectivity index (χ3v) is 10.7. The van der Waals surface area contributed by atoms with Crippen molar-refractivity contribution >= 4 is 46.2 Å². The van der Waals surface area contributed by atoms with Crippen LogP contribution in [-0.4, -0.2) is 13.4 Å². The van der Waals surface area contributed by atoms with Crippen molar-refractivity contribution in [3.05, 3.63) is 149 Å². The zero-order valence-electron chi connectivity index (χ0n) is 29.1. The van der Waals surface area contributed by atoms with E-state index in [0.717, 1.165) is 0 Å². The van der Waals surface area contributed by atoms with Gasteiger partial charge in [0.05, 0.1) is 0 Å². The fourth-order valence-electron chi connectivity index (χ4n) is 8.36. The molecule has 1 aliphatic heterocycles. The first-order chi connectivity index (χ1) is 22.7. The number of hydrogen-bond acceptors (Lipinski definition) is 0. The molecule has 230 valence electrons. The minimum atomic E-state index is 0.148. The van der Waals surface area contributed by atoms with Gasteiger partial charge in [-0.2, -0.15) is 0 Å². The Kier molecular flexibility index (Phi) is 8.04. The van der Waals surface area contributed by atoms with Crippen LogP contribution in [0.2, 0.25) is 0 Å². The molecule has 6 aromatic rings. The second-order valence-corrected chi connectivity index (χ2v) is 14.0. The van der Waals surface area contributed by atoms with E-state index in [1.54, 1.807) is 0 Å². The predicted octanol–water partition coefficient (Wildman–Crippen LogP) is 5.86. The molecule has 0 radical (unpaired) electrons. The number of fused-ring (bicyclic) bond motifs is 2. The van der Waals surface area contributed by atoms with Crippen LogP contribution in [0.1, 0.15) is 53.1 Å². The number of pyridine rings is 1. The van der Waals surface area contributed by atoms with Gasteiger partial charge in [0.15, 0.2) is 6.20 Å². The number of hydrogen-bond donors (Lipinski definition) is 0. The van der Waals surface area contributed by atoms with Gasteiger partial charge >= 0.3 is 0 Å². The fraction of sp³-hybridized carbons (Fsp3) is 0.205. The van der Waals surface area contributed by atoms with E-state index in [4.69, 9.17) is 0 Å². The number of rotatable bonds is 5. The van der Waals surface area contributed by atoms with Crippen molar-refractivity contribution in [1.29, 1.82) is 0 Å². The summed E-state index contributed by atoms with van der Waals surface area (Å²) in [5, 5.41) is 0. The monoisotopic (exact) mass is 608 g/mol. The Hall–Kier alpha value is -4.62. The van der Waals surface area contributed by atoms with Gasteiger partial charge in [-0.3, -0.25) is 0 Å². The van der Waals surface area contributed by atoms with Crippen LogP contribution >= 0.6 is 0 Å². The molecule has 0 atom stereocenters. The molecule has 3 heteroatoms. The first kappa shape index (κ1) is 31.0. The Morgan fingerprint density at radius 1 is 0.511 bits per heavy atom. The van der Waals surface area contributed by atoms with E-state index in [1.807, 2.05) is 0 Å². The van der Waals surface area contributed by atoms with Crippen LogP contribution in [0.5, 0.6) is 0 Å². The zero-order valence-corrected chi connectivity index (χ0v) is 29.1. The van der Waals surface area contributed by atoms with E-state index in [1.165, 1.54) is 88.5 Å². The molecule has 0 unspecified atom stereocenters. The summed E-state index contributed by atoms with van der Waals surface area (Å²) in [6, 6.07) is 41.2. The first-order valence-corrected chi connectivity index (χ1v) is 17.1. The lowest BCUT2D eigenvalue weighted by molar-refractivity contribution is -0.660. The van der Waals surface area contributed by atoms with E-state index in [-0.39, 0.29) is 13.4 Å². The van der Waals surface area contributed by atoms with E-state index < -0.39 is 0 Å². The molecule has 47 heavy (non-hydrogen) atoms. The maximum absolute atomic E-state index is 2.46. The lowest BCUT2D eigenvalue weighted by Crippen LogP contribution is -2.76. The van der Waals surface area contributed by atoms with Gasteiger partial charge in [0, 0.05) is 17.7 Å². The smallest absolute Gasteiger partial charge is 0.201 e. The van der Waals surface area contributed by atoms with Crippen molar-refractivity contribution in [3.63, 3.8) is 0 Å². The van der Waals surface area contributed by atoms with Crippen LogP contribution in [0.4, 0.5) is 0 Å². The third kappa shape index (κ3) is 5.27. The number of benzene rings is 5. The second-order valence-electron chi connectivity index (χ2n) is 14.0. The van der Waals surface area contributed by atoms with Gasteiger partial charge in [-0.05, 0) is 68.9 Å². The molecule has 0 saturated carbocycles. The molecular weight excluding hydrogens is 564 g/mol.